The summed E-state index contributed by atoms with van der Waals surface area (Å²) in [5.41, 5.74) is 8.64. The third kappa shape index (κ3) is 2.71. The van der Waals surface area contributed by atoms with Crippen LogP contribution in [0.5, 0.6) is 0 Å². The highest BCUT2D eigenvalue weighted by Gasteiger charge is 2.44. The van der Waals surface area contributed by atoms with E-state index < -0.39 is 10.2 Å². The molecule has 1 saturated heterocycles. The lowest BCUT2D eigenvalue weighted by Gasteiger charge is -2.31. The fourth-order valence-electron chi connectivity index (χ4n) is 4.49. The summed E-state index contributed by atoms with van der Waals surface area (Å²) in [4.78, 5) is 0. The second-order valence-corrected chi connectivity index (χ2v) is 9.12. The van der Waals surface area contributed by atoms with Crippen molar-refractivity contribution >= 4 is 10.2 Å². The van der Waals surface area contributed by atoms with Crippen molar-refractivity contribution < 1.29 is 8.42 Å². The smallest absolute Gasteiger partial charge is 0.282 e. The predicted molar refractivity (Wildman–Crippen MR) is 89.9 cm³/mol. The Morgan fingerprint density at radius 3 is 2.61 bits per heavy atom. The van der Waals surface area contributed by atoms with E-state index in [-0.39, 0.29) is 6.04 Å². The van der Waals surface area contributed by atoms with Crippen LogP contribution in [0.4, 0.5) is 0 Å². The molecule has 2 aliphatic heterocycles. The SMILES string of the molecule is NC1CCCC2CN(S(=O)(=O)N3CCc4ccccc4C3)CC12. The minimum atomic E-state index is -3.38. The second-order valence-electron chi connectivity index (χ2n) is 7.20. The van der Waals surface area contributed by atoms with Gasteiger partial charge in [0.1, 0.15) is 0 Å². The molecular formula is C17H25N3O2S. The Morgan fingerprint density at radius 1 is 1.04 bits per heavy atom. The monoisotopic (exact) mass is 335 g/mol. The van der Waals surface area contributed by atoms with E-state index in [2.05, 4.69) is 6.07 Å². The zero-order valence-electron chi connectivity index (χ0n) is 13.4. The number of fused-ring (bicyclic) bond motifs is 2. The molecule has 1 aromatic carbocycles. The van der Waals surface area contributed by atoms with Gasteiger partial charge in [0.15, 0.2) is 0 Å². The van der Waals surface area contributed by atoms with Gasteiger partial charge in [-0.1, -0.05) is 30.7 Å². The van der Waals surface area contributed by atoms with Gasteiger partial charge in [0, 0.05) is 32.2 Å². The van der Waals surface area contributed by atoms with E-state index in [1.54, 1.807) is 8.61 Å². The van der Waals surface area contributed by atoms with Crippen molar-refractivity contribution in [2.24, 2.45) is 17.6 Å². The van der Waals surface area contributed by atoms with E-state index in [0.717, 1.165) is 31.2 Å². The molecule has 1 aliphatic carbocycles. The van der Waals surface area contributed by atoms with E-state index in [1.165, 1.54) is 5.56 Å². The second kappa shape index (κ2) is 5.84. The minimum Gasteiger partial charge on any atom is -0.327 e. The molecule has 3 aliphatic rings. The molecule has 6 heteroatoms. The lowest BCUT2D eigenvalue weighted by atomic mass is 9.78. The summed E-state index contributed by atoms with van der Waals surface area (Å²) in [7, 11) is -3.38. The van der Waals surface area contributed by atoms with E-state index in [0.29, 0.717) is 38.0 Å². The van der Waals surface area contributed by atoms with E-state index in [1.807, 2.05) is 18.2 Å². The lowest BCUT2D eigenvalue weighted by Crippen LogP contribution is -2.45. The van der Waals surface area contributed by atoms with Crippen LogP contribution in [0.15, 0.2) is 24.3 Å². The van der Waals surface area contributed by atoms with Crippen LogP contribution in [0.3, 0.4) is 0 Å². The summed E-state index contributed by atoms with van der Waals surface area (Å²) in [6, 6.07) is 8.31. The van der Waals surface area contributed by atoms with Crippen LogP contribution in [-0.2, 0) is 23.2 Å². The van der Waals surface area contributed by atoms with Crippen molar-refractivity contribution in [2.75, 3.05) is 19.6 Å². The van der Waals surface area contributed by atoms with Gasteiger partial charge in [0.2, 0.25) is 0 Å². The molecule has 2 N–H and O–H groups in total. The first-order valence-electron chi connectivity index (χ1n) is 8.63. The first-order valence-corrected chi connectivity index (χ1v) is 10.0. The highest BCUT2D eigenvalue weighted by Crippen LogP contribution is 2.37. The van der Waals surface area contributed by atoms with Crippen LogP contribution >= 0.6 is 0 Å². The van der Waals surface area contributed by atoms with Gasteiger partial charge in [-0.2, -0.15) is 17.0 Å². The van der Waals surface area contributed by atoms with Crippen LogP contribution in [-0.4, -0.2) is 42.7 Å². The van der Waals surface area contributed by atoms with Gasteiger partial charge in [-0.25, -0.2) is 0 Å². The normalized spacial score (nSPS) is 32.5. The summed E-state index contributed by atoms with van der Waals surface area (Å²) < 4.78 is 29.5. The van der Waals surface area contributed by atoms with Crippen molar-refractivity contribution in [1.29, 1.82) is 0 Å². The van der Waals surface area contributed by atoms with Crippen LogP contribution in [0.25, 0.3) is 0 Å². The Kier molecular flexibility index (Phi) is 3.96. The highest BCUT2D eigenvalue weighted by atomic mass is 32.2. The Labute approximate surface area is 138 Å². The maximum absolute atomic E-state index is 13.1. The molecule has 4 rings (SSSR count). The summed E-state index contributed by atoms with van der Waals surface area (Å²) in [6.07, 6.45) is 4.09. The maximum atomic E-state index is 13.1. The molecule has 0 radical (unpaired) electrons. The number of hydrogen-bond donors (Lipinski definition) is 1. The van der Waals surface area contributed by atoms with Crippen molar-refractivity contribution in [2.45, 2.75) is 38.3 Å². The minimum absolute atomic E-state index is 0.163. The third-order valence-corrected chi connectivity index (χ3v) is 7.78. The fraction of sp³-hybridized carbons (Fsp3) is 0.647. The molecule has 126 valence electrons. The quantitative estimate of drug-likeness (QED) is 0.887. The van der Waals surface area contributed by atoms with Crippen LogP contribution in [0, 0.1) is 11.8 Å². The molecule has 2 heterocycles. The molecule has 3 atom stereocenters. The van der Waals surface area contributed by atoms with E-state index in [9.17, 15) is 8.42 Å². The van der Waals surface area contributed by atoms with E-state index in [4.69, 9.17) is 5.73 Å². The molecule has 0 aromatic heterocycles. The average Bonchev–Trinajstić information content (AvgIpc) is 3.01. The molecule has 1 aromatic rings. The fourth-order valence-corrected chi connectivity index (χ4v) is 6.19. The maximum Gasteiger partial charge on any atom is 0.282 e. The molecule has 2 fully saturated rings. The summed E-state index contributed by atoms with van der Waals surface area (Å²) >= 11 is 0. The lowest BCUT2D eigenvalue weighted by molar-refractivity contribution is 0.259. The predicted octanol–water partition coefficient (Wildman–Crippen LogP) is 1.35. The van der Waals surface area contributed by atoms with Crippen LogP contribution < -0.4 is 5.73 Å². The first kappa shape index (κ1) is 15.6. The number of nitrogens with two attached hydrogens (primary N) is 1. The Bertz CT molecular complexity index is 691. The van der Waals surface area contributed by atoms with Gasteiger partial charge in [-0.3, -0.25) is 0 Å². The number of benzene rings is 1. The van der Waals surface area contributed by atoms with Gasteiger partial charge in [-0.05, 0) is 42.2 Å². The molecular weight excluding hydrogens is 310 g/mol. The zero-order valence-corrected chi connectivity index (χ0v) is 14.2. The largest absolute Gasteiger partial charge is 0.327 e. The standard InChI is InChI=1S/C17H25N3O2S/c18-17-7-3-6-15-11-20(12-16(15)17)23(21,22)19-9-8-13-4-1-2-5-14(13)10-19/h1-2,4-5,15-17H,3,6-12,18H2. The highest BCUT2D eigenvalue weighted by molar-refractivity contribution is 7.86. The van der Waals surface area contributed by atoms with Crippen molar-refractivity contribution in [3.05, 3.63) is 35.4 Å². The Balaban J connectivity index is 1.53. The van der Waals surface area contributed by atoms with Crippen molar-refractivity contribution in [3.8, 4) is 0 Å². The topological polar surface area (TPSA) is 66.6 Å². The molecule has 0 spiro atoms. The first-order chi connectivity index (χ1) is 11.1. The summed E-state index contributed by atoms with van der Waals surface area (Å²) in [5.74, 6) is 0.793. The van der Waals surface area contributed by atoms with Gasteiger partial charge in [0.25, 0.3) is 10.2 Å². The zero-order chi connectivity index (χ0) is 16.0. The number of rotatable bonds is 2. The third-order valence-electron chi connectivity index (χ3n) is 5.87. The van der Waals surface area contributed by atoms with Gasteiger partial charge < -0.3 is 5.73 Å². The van der Waals surface area contributed by atoms with Gasteiger partial charge >= 0.3 is 0 Å². The molecule has 0 amide bonds. The molecule has 0 bridgehead atoms. The van der Waals surface area contributed by atoms with Crippen molar-refractivity contribution in [1.82, 2.24) is 8.61 Å². The summed E-state index contributed by atoms with van der Waals surface area (Å²) in [5, 5.41) is 0. The molecule has 23 heavy (non-hydrogen) atoms. The van der Waals surface area contributed by atoms with Crippen LogP contribution in [0.1, 0.15) is 30.4 Å². The summed E-state index contributed by atoms with van der Waals surface area (Å²) in [6.45, 7) is 2.33. The van der Waals surface area contributed by atoms with Crippen LogP contribution in [0.2, 0.25) is 0 Å². The van der Waals surface area contributed by atoms with Gasteiger partial charge in [-0.15, -0.1) is 0 Å². The molecule has 5 nitrogen and oxygen atoms in total. The number of hydrogen-bond acceptors (Lipinski definition) is 3. The average molecular weight is 335 g/mol. The van der Waals surface area contributed by atoms with Crippen molar-refractivity contribution in [3.63, 3.8) is 0 Å². The van der Waals surface area contributed by atoms with Gasteiger partial charge in [0.05, 0.1) is 0 Å². The number of nitrogens with zero attached hydrogens (tertiary/aromatic N) is 2. The molecule has 3 unspecified atom stereocenters. The van der Waals surface area contributed by atoms with E-state index >= 15 is 0 Å². The Hall–Kier alpha value is -0.950. The Morgan fingerprint density at radius 2 is 1.83 bits per heavy atom. The molecule has 1 saturated carbocycles.